The van der Waals surface area contributed by atoms with Crippen LogP contribution in [0.3, 0.4) is 0 Å². The minimum absolute atomic E-state index is 0.00778. The number of nitrogens with zero attached hydrogens (tertiary/aromatic N) is 1. The molecule has 70 valence electrons. The van der Waals surface area contributed by atoms with Crippen LogP contribution in [0.1, 0.15) is 12.8 Å². The van der Waals surface area contributed by atoms with Crippen LogP contribution in [0.4, 0.5) is 0 Å². The molecule has 2 fully saturated rings. The molecule has 0 aromatic rings. The van der Waals surface area contributed by atoms with Gasteiger partial charge in [0.1, 0.15) is 6.29 Å². The molecule has 1 unspecified atom stereocenters. The van der Waals surface area contributed by atoms with Crippen molar-refractivity contribution in [3.8, 4) is 0 Å². The van der Waals surface area contributed by atoms with Crippen LogP contribution in [0.2, 0.25) is 0 Å². The zero-order valence-corrected chi connectivity index (χ0v) is 7.64. The first-order chi connectivity index (χ1) is 5.70. The van der Waals surface area contributed by atoms with Gasteiger partial charge in [-0.1, -0.05) is 0 Å². The molecule has 0 aliphatic carbocycles. The third kappa shape index (κ3) is 1.47. The fraction of sp³-hybridized carbons (Fsp3) is 1.00. The quantitative estimate of drug-likeness (QED) is 0.431. The SMILES string of the molecule is CN1CCC2(CC1)CNC(N)N2. The van der Waals surface area contributed by atoms with Crippen molar-refractivity contribution in [2.75, 3.05) is 26.7 Å². The standard InChI is InChI=1S/C8H18N4/c1-12-4-2-8(3-5-12)6-10-7(9)11-8/h7,10-11H,2-6,9H2,1H3. The zero-order chi connectivity index (χ0) is 8.60. The molecule has 2 saturated heterocycles. The molecule has 2 aliphatic heterocycles. The number of hydrogen-bond donors (Lipinski definition) is 3. The lowest BCUT2D eigenvalue weighted by molar-refractivity contribution is 0.178. The van der Waals surface area contributed by atoms with Gasteiger partial charge in [-0.05, 0) is 33.0 Å². The van der Waals surface area contributed by atoms with Crippen molar-refractivity contribution in [2.24, 2.45) is 5.73 Å². The van der Waals surface area contributed by atoms with Gasteiger partial charge in [0.05, 0.1) is 0 Å². The summed E-state index contributed by atoms with van der Waals surface area (Å²) in [6.07, 6.45) is 2.43. The highest BCUT2D eigenvalue weighted by atomic mass is 15.3. The van der Waals surface area contributed by atoms with Crippen molar-refractivity contribution in [3.63, 3.8) is 0 Å². The van der Waals surface area contributed by atoms with Crippen molar-refractivity contribution >= 4 is 0 Å². The Kier molecular flexibility index (Phi) is 2.08. The predicted molar refractivity (Wildman–Crippen MR) is 48.6 cm³/mol. The zero-order valence-electron chi connectivity index (χ0n) is 7.64. The average molecular weight is 170 g/mol. The largest absolute Gasteiger partial charge is 0.306 e. The first-order valence-electron chi connectivity index (χ1n) is 4.65. The molecule has 2 rings (SSSR count). The van der Waals surface area contributed by atoms with E-state index in [1.165, 1.54) is 25.9 Å². The van der Waals surface area contributed by atoms with Crippen molar-refractivity contribution in [1.82, 2.24) is 15.5 Å². The highest BCUT2D eigenvalue weighted by Crippen LogP contribution is 2.23. The van der Waals surface area contributed by atoms with E-state index in [1.54, 1.807) is 0 Å². The summed E-state index contributed by atoms with van der Waals surface area (Å²) in [5, 5.41) is 6.67. The summed E-state index contributed by atoms with van der Waals surface area (Å²) in [6.45, 7) is 3.39. The van der Waals surface area contributed by atoms with E-state index in [2.05, 4.69) is 22.6 Å². The number of hydrogen-bond acceptors (Lipinski definition) is 4. The smallest absolute Gasteiger partial charge is 0.109 e. The molecule has 1 atom stereocenters. The summed E-state index contributed by atoms with van der Waals surface area (Å²) in [6, 6.07) is 0. The van der Waals surface area contributed by atoms with Gasteiger partial charge in [0.2, 0.25) is 0 Å². The van der Waals surface area contributed by atoms with E-state index in [9.17, 15) is 0 Å². The lowest BCUT2D eigenvalue weighted by Gasteiger charge is -2.37. The van der Waals surface area contributed by atoms with E-state index in [-0.39, 0.29) is 6.29 Å². The Balaban J connectivity index is 1.95. The molecule has 2 heterocycles. The Morgan fingerprint density at radius 1 is 1.42 bits per heavy atom. The van der Waals surface area contributed by atoms with Gasteiger partial charge in [0.15, 0.2) is 0 Å². The van der Waals surface area contributed by atoms with E-state index < -0.39 is 0 Å². The number of nitrogens with two attached hydrogens (primary N) is 1. The molecule has 0 bridgehead atoms. The number of rotatable bonds is 0. The molecule has 0 aromatic heterocycles. The Hall–Kier alpha value is -0.160. The summed E-state index contributed by atoms with van der Waals surface area (Å²) in [5.74, 6) is 0. The molecule has 12 heavy (non-hydrogen) atoms. The first kappa shape index (κ1) is 8.44. The molecule has 4 N–H and O–H groups in total. The molecular formula is C8H18N4. The highest BCUT2D eigenvalue weighted by molar-refractivity contribution is 4.99. The second kappa shape index (κ2) is 2.96. The van der Waals surface area contributed by atoms with Crippen molar-refractivity contribution in [1.29, 1.82) is 0 Å². The summed E-state index contributed by atoms with van der Waals surface area (Å²) >= 11 is 0. The second-order valence-corrected chi connectivity index (χ2v) is 4.09. The maximum atomic E-state index is 5.74. The van der Waals surface area contributed by atoms with Gasteiger partial charge < -0.3 is 10.6 Å². The molecule has 0 amide bonds. The van der Waals surface area contributed by atoms with Crippen molar-refractivity contribution < 1.29 is 0 Å². The van der Waals surface area contributed by atoms with Crippen LogP contribution in [0, 0.1) is 0 Å². The maximum Gasteiger partial charge on any atom is 0.109 e. The molecule has 4 nitrogen and oxygen atoms in total. The summed E-state index contributed by atoms with van der Waals surface area (Å²) < 4.78 is 0. The molecule has 0 saturated carbocycles. The summed E-state index contributed by atoms with van der Waals surface area (Å²) in [5.41, 5.74) is 6.04. The van der Waals surface area contributed by atoms with Crippen LogP contribution in [0.15, 0.2) is 0 Å². The van der Waals surface area contributed by atoms with E-state index >= 15 is 0 Å². The average Bonchev–Trinajstić information content (AvgIpc) is 2.40. The minimum Gasteiger partial charge on any atom is -0.306 e. The van der Waals surface area contributed by atoms with Gasteiger partial charge in [-0.15, -0.1) is 0 Å². The number of piperidine rings is 1. The van der Waals surface area contributed by atoms with Crippen molar-refractivity contribution in [3.05, 3.63) is 0 Å². The normalized spacial score (nSPS) is 36.0. The van der Waals surface area contributed by atoms with Gasteiger partial charge in [-0.3, -0.25) is 10.6 Å². The number of nitrogens with one attached hydrogen (secondary N) is 2. The van der Waals surface area contributed by atoms with Gasteiger partial charge in [0, 0.05) is 12.1 Å². The molecule has 4 heteroatoms. The Morgan fingerprint density at radius 2 is 2.08 bits per heavy atom. The predicted octanol–water partition coefficient (Wildman–Crippen LogP) is -1.11. The fourth-order valence-corrected chi connectivity index (χ4v) is 2.10. The Bertz CT molecular complexity index is 162. The summed E-state index contributed by atoms with van der Waals surface area (Å²) in [7, 11) is 2.18. The first-order valence-corrected chi connectivity index (χ1v) is 4.65. The topological polar surface area (TPSA) is 53.3 Å². The van der Waals surface area contributed by atoms with Crippen LogP contribution in [0.5, 0.6) is 0 Å². The van der Waals surface area contributed by atoms with E-state index in [4.69, 9.17) is 5.73 Å². The van der Waals surface area contributed by atoms with E-state index in [0.29, 0.717) is 5.54 Å². The molecule has 0 aromatic carbocycles. The summed E-state index contributed by atoms with van der Waals surface area (Å²) in [4.78, 5) is 2.37. The Labute approximate surface area is 73.5 Å². The fourth-order valence-electron chi connectivity index (χ4n) is 2.10. The Morgan fingerprint density at radius 3 is 2.58 bits per heavy atom. The van der Waals surface area contributed by atoms with Gasteiger partial charge in [-0.2, -0.15) is 0 Å². The van der Waals surface area contributed by atoms with Crippen LogP contribution in [0.25, 0.3) is 0 Å². The van der Waals surface area contributed by atoms with Gasteiger partial charge in [-0.25, -0.2) is 0 Å². The van der Waals surface area contributed by atoms with Crippen molar-refractivity contribution in [2.45, 2.75) is 24.7 Å². The van der Waals surface area contributed by atoms with Gasteiger partial charge >= 0.3 is 0 Å². The van der Waals surface area contributed by atoms with E-state index in [0.717, 1.165) is 6.54 Å². The monoisotopic (exact) mass is 170 g/mol. The van der Waals surface area contributed by atoms with Crippen LogP contribution in [-0.2, 0) is 0 Å². The number of likely N-dealkylation sites (tertiary alicyclic amines) is 1. The lowest BCUT2D eigenvalue weighted by atomic mass is 9.89. The van der Waals surface area contributed by atoms with Gasteiger partial charge in [0.25, 0.3) is 0 Å². The second-order valence-electron chi connectivity index (χ2n) is 4.09. The maximum absolute atomic E-state index is 5.74. The van der Waals surface area contributed by atoms with Crippen LogP contribution in [-0.4, -0.2) is 43.4 Å². The molecule has 1 spiro atoms. The van der Waals surface area contributed by atoms with E-state index in [1.807, 2.05) is 0 Å². The van der Waals surface area contributed by atoms with Crippen LogP contribution < -0.4 is 16.4 Å². The lowest BCUT2D eigenvalue weighted by Crippen LogP contribution is -2.53. The minimum atomic E-state index is 0.00778. The third-order valence-electron chi connectivity index (χ3n) is 3.07. The molecular weight excluding hydrogens is 152 g/mol. The molecule has 0 radical (unpaired) electrons. The van der Waals surface area contributed by atoms with Crippen LogP contribution >= 0.6 is 0 Å². The third-order valence-corrected chi connectivity index (χ3v) is 3.07. The highest BCUT2D eigenvalue weighted by Gasteiger charge is 2.38. The molecule has 2 aliphatic rings.